The Labute approximate surface area is 217 Å². The van der Waals surface area contributed by atoms with Crippen molar-refractivity contribution in [1.82, 2.24) is 0 Å². The molecule has 3 saturated heterocycles. The molecular formula is C21H36IO10PS. The molecule has 10 nitrogen and oxygen atoms in total. The quantitative estimate of drug-likeness (QED) is 0.135. The van der Waals surface area contributed by atoms with Gasteiger partial charge in [0.25, 0.3) is 0 Å². The molecule has 0 radical (unpaired) electrons. The summed E-state index contributed by atoms with van der Waals surface area (Å²) in [4.78, 5) is 11.8. The van der Waals surface area contributed by atoms with Crippen LogP contribution in [0.4, 0.5) is 0 Å². The van der Waals surface area contributed by atoms with Gasteiger partial charge in [-0.1, -0.05) is 13.3 Å². The van der Waals surface area contributed by atoms with Crippen LogP contribution in [0.2, 0.25) is 0 Å². The fourth-order valence-corrected chi connectivity index (χ4v) is 5.74. The zero-order valence-electron chi connectivity index (χ0n) is 20.3. The molecule has 198 valence electrons. The van der Waals surface area contributed by atoms with E-state index >= 15 is 0 Å². The number of hydrogen-bond donors (Lipinski definition) is 2. The first kappa shape index (κ1) is 29.2. The van der Waals surface area contributed by atoms with Crippen molar-refractivity contribution in [2.24, 2.45) is 0 Å². The Kier molecular flexibility index (Phi) is 10.7. The fourth-order valence-electron chi connectivity index (χ4n) is 4.45. The predicted octanol–water partition coefficient (Wildman–Crippen LogP) is 3.47. The zero-order chi connectivity index (χ0) is 25.2. The van der Waals surface area contributed by atoms with Crippen LogP contribution in [-0.4, -0.2) is 84.9 Å². The summed E-state index contributed by atoms with van der Waals surface area (Å²) in [5.41, 5.74) is 0. The van der Waals surface area contributed by atoms with Crippen molar-refractivity contribution in [3.05, 3.63) is 0 Å². The molecule has 0 aromatic carbocycles. The molecule has 34 heavy (non-hydrogen) atoms. The molecule has 3 fully saturated rings. The Bertz CT molecular complexity index is 778. The van der Waals surface area contributed by atoms with Crippen LogP contribution in [-0.2, 0) is 42.1 Å². The fraction of sp³-hybridized carbons (Fsp3) is 0.952. The van der Waals surface area contributed by atoms with Gasteiger partial charge in [0.05, 0.1) is 0 Å². The standard InChI is InChI=1S/C21H36IO10PS/c1-7-8-9-25-14-10(2)27-20(18-17(14)30-21(5,6)31-18)29-16-13(24)19(32-34(22)33)26-11(3)15(16)28-12(4)23/h10-11,13-20,24,34H,7-9H2,1-6H3/t10?,11?,13-,14+,15+,16?,17?,18+,19+,20+/m1/s1. The second kappa shape index (κ2) is 12.5. The number of unbranched alkanes of at least 4 members (excludes halogenated alkanes) is 1. The van der Waals surface area contributed by atoms with E-state index in [2.05, 4.69) is 14.7 Å². The third-order valence-electron chi connectivity index (χ3n) is 5.91. The SMILES string of the molecule is CCCCO[C@H]1C(C)O[C@@H](OC2[C@@H](OC(C)=O)C(C)O[C@@H](O[SH](#P)I)[C@@H]2O)[C@H]2OC(C)(C)OC12. The number of carbonyl (C=O) groups excluding carboxylic acids is 1. The number of ether oxygens (including phenoxy) is 7. The van der Waals surface area contributed by atoms with Gasteiger partial charge < -0.3 is 0 Å². The molecule has 0 aromatic heterocycles. The van der Waals surface area contributed by atoms with E-state index in [1.54, 1.807) is 6.92 Å². The third kappa shape index (κ3) is 7.15. The van der Waals surface area contributed by atoms with Gasteiger partial charge in [0.2, 0.25) is 0 Å². The average molecular weight is 638 g/mol. The van der Waals surface area contributed by atoms with Crippen LogP contribution >= 0.6 is 36.3 Å². The van der Waals surface area contributed by atoms with E-state index in [0.717, 1.165) is 12.8 Å². The molecule has 3 heterocycles. The van der Waals surface area contributed by atoms with Crippen molar-refractivity contribution >= 4 is 42.3 Å². The Hall–Kier alpha value is 0.660. The summed E-state index contributed by atoms with van der Waals surface area (Å²) in [6.07, 6.45) is -5.51. The summed E-state index contributed by atoms with van der Waals surface area (Å²) in [6, 6.07) is 0. The maximum absolute atomic E-state index is 11.8. The second-order valence-electron chi connectivity index (χ2n) is 9.17. The van der Waals surface area contributed by atoms with Gasteiger partial charge in [0, 0.05) is 0 Å². The van der Waals surface area contributed by atoms with Gasteiger partial charge >= 0.3 is 198 Å². The van der Waals surface area contributed by atoms with Gasteiger partial charge in [0.1, 0.15) is 0 Å². The minimum atomic E-state index is -1.27. The Balaban J connectivity index is 1.83. The molecule has 1 N–H and O–H groups in total. The first-order valence-electron chi connectivity index (χ1n) is 11.5. The zero-order valence-corrected chi connectivity index (χ0v) is 24.2. The molecule has 5 unspecified atom stereocenters. The number of aliphatic hydroxyl groups is 1. The van der Waals surface area contributed by atoms with Crippen LogP contribution in [0.25, 0.3) is 0 Å². The number of hydrogen-bond acceptors (Lipinski definition) is 10. The first-order chi connectivity index (χ1) is 15.9. The van der Waals surface area contributed by atoms with Gasteiger partial charge in [-0.05, 0) is 6.42 Å². The van der Waals surface area contributed by atoms with Crippen molar-refractivity contribution in [2.75, 3.05) is 6.61 Å². The van der Waals surface area contributed by atoms with E-state index in [4.69, 9.17) is 37.3 Å². The Morgan fingerprint density at radius 1 is 1.09 bits per heavy atom. The number of rotatable bonds is 8. The summed E-state index contributed by atoms with van der Waals surface area (Å²) in [7, 11) is 3.12. The molecule has 11 atom stereocenters. The van der Waals surface area contributed by atoms with Crippen LogP contribution in [0.5, 0.6) is 0 Å². The molecule has 0 amide bonds. The van der Waals surface area contributed by atoms with Crippen molar-refractivity contribution in [3.8, 4) is 0 Å². The van der Waals surface area contributed by atoms with Crippen LogP contribution < -0.4 is 0 Å². The summed E-state index contributed by atoms with van der Waals surface area (Å²) in [6.45, 7) is 11.2. The maximum atomic E-state index is 11.8. The Morgan fingerprint density at radius 2 is 1.71 bits per heavy atom. The summed E-state index contributed by atoms with van der Waals surface area (Å²) in [5.74, 6) is -1.39. The van der Waals surface area contributed by atoms with E-state index in [9.17, 15) is 9.90 Å². The summed E-state index contributed by atoms with van der Waals surface area (Å²) >= 11 is 2.01. The van der Waals surface area contributed by atoms with Gasteiger partial charge in [-0.3, -0.25) is 0 Å². The van der Waals surface area contributed by atoms with Crippen LogP contribution in [0.3, 0.4) is 0 Å². The van der Waals surface area contributed by atoms with Crippen molar-refractivity contribution in [3.63, 3.8) is 0 Å². The van der Waals surface area contributed by atoms with E-state index in [1.165, 1.54) is 6.92 Å². The molecule has 0 bridgehead atoms. The topological polar surface area (TPSA) is 111 Å². The minimum absolute atomic E-state index is 0.344. The summed E-state index contributed by atoms with van der Waals surface area (Å²) in [5, 5.41) is 11.1. The van der Waals surface area contributed by atoms with Crippen LogP contribution in [0.15, 0.2) is 0 Å². The molecule has 0 aliphatic carbocycles. The first-order valence-corrected chi connectivity index (χ1v) is 16.7. The van der Waals surface area contributed by atoms with E-state index in [-0.39, 0.29) is 12.2 Å². The van der Waals surface area contributed by atoms with Crippen LogP contribution in [0, 0.1) is 0 Å². The molecule has 13 heteroatoms. The number of esters is 1. The average Bonchev–Trinajstić information content (AvgIpc) is 3.05. The molecular weight excluding hydrogens is 602 g/mol. The third-order valence-corrected chi connectivity index (χ3v) is 7.26. The molecule has 3 aliphatic rings. The van der Waals surface area contributed by atoms with E-state index in [1.807, 2.05) is 42.0 Å². The van der Waals surface area contributed by atoms with Crippen molar-refractivity contribution in [1.29, 1.82) is 0 Å². The molecule has 0 saturated carbocycles. The molecule has 0 spiro atoms. The normalized spacial score (nSPS) is 42.7. The predicted molar refractivity (Wildman–Crippen MR) is 135 cm³/mol. The van der Waals surface area contributed by atoms with E-state index < -0.39 is 68.3 Å². The second-order valence-corrected chi connectivity index (χ2v) is 15.8. The molecule has 3 rings (SSSR count). The van der Waals surface area contributed by atoms with Gasteiger partial charge in [-0.25, -0.2) is 0 Å². The van der Waals surface area contributed by atoms with Gasteiger partial charge in [-0.15, -0.1) is 0 Å². The monoisotopic (exact) mass is 638 g/mol. The number of fused-ring (bicyclic) bond motifs is 1. The van der Waals surface area contributed by atoms with Gasteiger partial charge in [0.15, 0.2) is 0 Å². The number of carbonyl (C=O) groups is 1. The van der Waals surface area contributed by atoms with Crippen molar-refractivity contribution in [2.45, 2.75) is 122 Å². The van der Waals surface area contributed by atoms with E-state index in [0.29, 0.717) is 6.61 Å². The molecule has 0 aromatic rings. The number of aliphatic hydroxyl groups excluding tert-OH is 1. The Morgan fingerprint density at radius 3 is 2.32 bits per heavy atom. The number of halogens is 1. The van der Waals surface area contributed by atoms with Gasteiger partial charge in [-0.2, -0.15) is 0 Å². The summed E-state index contributed by atoms with van der Waals surface area (Å²) < 4.78 is 47.8. The van der Waals surface area contributed by atoms with Crippen LogP contribution in [0.1, 0.15) is 54.4 Å². The van der Waals surface area contributed by atoms with Crippen molar-refractivity contribution < 1.29 is 47.2 Å². The molecule has 3 aliphatic heterocycles. The number of thiol groups is 1.